The highest BCUT2D eigenvalue weighted by molar-refractivity contribution is 7.47. The van der Waals surface area contributed by atoms with E-state index in [0.717, 1.165) is 25.7 Å². The van der Waals surface area contributed by atoms with Gasteiger partial charge in [-0.25, -0.2) is 4.57 Å². The van der Waals surface area contributed by atoms with E-state index >= 15 is 0 Å². The molecule has 276 valence electrons. The molecule has 0 aliphatic carbocycles. The molecule has 10 heteroatoms. The standard InChI is InChI=1S/C37H70NO8P/c1-3-5-7-9-11-13-15-17-19-21-23-25-27-29-36(39)43-33-35(34-45-47(41,42)44-32-31-38)46-37(40)30-28-26-24-22-20-18-16-14-12-10-8-6-4-2/h21-24,35H,3-20,25-34,38H2,1-2H3,(H,41,42)/b23-21-,24-22-/t35-/m1/s1. The van der Waals surface area contributed by atoms with Crippen molar-refractivity contribution >= 4 is 19.8 Å². The molecule has 0 aliphatic rings. The molecular formula is C37H70NO8P. The van der Waals surface area contributed by atoms with Crippen molar-refractivity contribution in [2.24, 2.45) is 5.73 Å². The average molecular weight is 688 g/mol. The van der Waals surface area contributed by atoms with Gasteiger partial charge in [0.2, 0.25) is 0 Å². The van der Waals surface area contributed by atoms with Crippen LogP contribution in [0.4, 0.5) is 0 Å². The summed E-state index contributed by atoms with van der Waals surface area (Å²) in [6.07, 6.45) is 33.6. The average Bonchev–Trinajstić information content (AvgIpc) is 3.05. The van der Waals surface area contributed by atoms with Gasteiger partial charge in [0.25, 0.3) is 0 Å². The van der Waals surface area contributed by atoms with Gasteiger partial charge in [-0.1, -0.05) is 128 Å². The number of esters is 2. The van der Waals surface area contributed by atoms with Gasteiger partial charge in [-0.05, 0) is 51.4 Å². The van der Waals surface area contributed by atoms with Crippen LogP contribution >= 0.6 is 7.82 Å². The minimum absolute atomic E-state index is 0.0475. The summed E-state index contributed by atoms with van der Waals surface area (Å²) >= 11 is 0. The van der Waals surface area contributed by atoms with Gasteiger partial charge in [0.15, 0.2) is 6.10 Å². The molecule has 0 radical (unpaired) electrons. The maximum absolute atomic E-state index is 12.5. The molecule has 0 heterocycles. The lowest BCUT2D eigenvalue weighted by atomic mass is 10.1. The van der Waals surface area contributed by atoms with E-state index in [2.05, 4.69) is 38.2 Å². The van der Waals surface area contributed by atoms with Crippen molar-refractivity contribution in [2.75, 3.05) is 26.4 Å². The third-order valence-corrected chi connectivity index (χ3v) is 8.79. The van der Waals surface area contributed by atoms with Gasteiger partial charge in [-0.3, -0.25) is 18.6 Å². The van der Waals surface area contributed by atoms with Crippen LogP contribution in [0.5, 0.6) is 0 Å². The smallest absolute Gasteiger partial charge is 0.462 e. The number of ether oxygens (including phenoxy) is 2. The molecule has 3 N–H and O–H groups in total. The van der Waals surface area contributed by atoms with Crippen LogP contribution in [0.1, 0.15) is 168 Å². The van der Waals surface area contributed by atoms with E-state index in [9.17, 15) is 19.0 Å². The van der Waals surface area contributed by atoms with Crippen LogP contribution < -0.4 is 5.73 Å². The number of unbranched alkanes of at least 4 members (excludes halogenated alkanes) is 18. The van der Waals surface area contributed by atoms with E-state index in [-0.39, 0.29) is 32.6 Å². The normalized spacial score (nSPS) is 13.7. The molecule has 0 spiro atoms. The van der Waals surface area contributed by atoms with Gasteiger partial charge >= 0.3 is 19.8 Å². The fourth-order valence-electron chi connectivity index (χ4n) is 4.99. The number of hydrogen-bond acceptors (Lipinski definition) is 8. The summed E-state index contributed by atoms with van der Waals surface area (Å²) in [4.78, 5) is 34.6. The fourth-order valence-corrected chi connectivity index (χ4v) is 5.76. The van der Waals surface area contributed by atoms with E-state index in [0.29, 0.717) is 12.8 Å². The Kier molecular flexibility index (Phi) is 33.3. The lowest BCUT2D eigenvalue weighted by Crippen LogP contribution is -2.29. The van der Waals surface area contributed by atoms with Gasteiger partial charge in [0.05, 0.1) is 13.2 Å². The first-order valence-electron chi connectivity index (χ1n) is 18.8. The Hall–Kier alpha value is -1.51. The zero-order chi connectivity index (χ0) is 34.7. The van der Waals surface area contributed by atoms with Crippen molar-refractivity contribution in [1.82, 2.24) is 0 Å². The topological polar surface area (TPSA) is 134 Å². The second kappa shape index (κ2) is 34.4. The highest BCUT2D eigenvalue weighted by atomic mass is 31.2. The number of phosphoric acid groups is 1. The largest absolute Gasteiger partial charge is 0.472 e. The molecule has 0 aromatic carbocycles. The second-order valence-corrected chi connectivity index (χ2v) is 13.9. The lowest BCUT2D eigenvalue weighted by Gasteiger charge is -2.19. The summed E-state index contributed by atoms with van der Waals surface area (Å²) in [5.74, 6) is -0.904. The van der Waals surface area contributed by atoms with Crippen molar-refractivity contribution < 1.29 is 37.6 Å². The summed E-state index contributed by atoms with van der Waals surface area (Å²) in [6.45, 7) is 3.65. The van der Waals surface area contributed by atoms with E-state index in [1.54, 1.807) is 0 Å². The highest BCUT2D eigenvalue weighted by Crippen LogP contribution is 2.43. The number of carbonyl (C=O) groups is 2. The zero-order valence-electron chi connectivity index (χ0n) is 30.0. The van der Waals surface area contributed by atoms with Gasteiger partial charge in [0.1, 0.15) is 6.61 Å². The van der Waals surface area contributed by atoms with Crippen molar-refractivity contribution in [2.45, 2.75) is 174 Å². The quantitative estimate of drug-likeness (QED) is 0.0289. The summed E-state index contributed by atoms with van der Waals surface area (Å²) in [7, 11) is -4.38. The number of carbonyl (C=O) groups excluding carboxylic acids is 2. The number of nitrogens with two attached hydrogens (primary N) is 1. The number of hydrogen-bond donors (Lipinski definition) is 2. The Labute approximate surface area is 287 Å². The summed E-state index contributed by atoms with van der Waals surface area (Å²) in [5.41, 5.74) is 5.32. The highest BCUT2D eigenvalue weighted by Gasteiger charge is 2.25. The first-order valence-corrected chi connectivity index (χ1v) is 20.3. The minimum atomic E-state index is -4.38. The Morgan fingerprint density at radius 3 is 1.51 bits per heavy atom. The molecule has 47 heavy (non-hydrogen) atoms. The fraction of sp³-hybridized carbons (Fsp3) is 0.838. The Morgan fingerprint density at radius 2 is 1.04 bits per heavy atom. The molecule has 0 fully saturated rings. The molecular weight excluding hydrogens is 617 g/mol. The van der Waals surface area contributed by atoms with E-state index in [1.165, 1.54) is 103 Å². The molecule has 2 atom stereocenters. The third kappa shape index (κ3) is 34.2. The number of allylic oxidation sites excluding steroid dienone is 4. The van der Waals surface area contributed by atoms with Crippen LogP contribution in [0.3, 0.4) is 0 Å². The predicted molar refractivity (Wildman–Crippen MR) is 192 cm³/mol. The van der Waals surface area contributed by atoms with Gasteiger partial charge < -0.3 is 20.1 Å². The molecule has 0 saturated heterocycles. The van der Waals surface area contributed by atoms with Crippen molar-refractivity contribution in [3.05, 3.63) is 24.3 Å². The Balaban J connectivity index is 4.31. The molecule has 1 unspecified atom stereocenters. The molecule has 0 aromatic rings. The van der Waals surface area contributed by atoms with Crippen LogP contribution in [0, 0.1) is 0 Å². The molecule has 0 bridgehead atoms. The molecule has 0 aromatic heterocycles. The van der Waals surface area contributed by atoms with Gasteiger partial charge in [-0.2, -0.15) is 0 Å². The van der Waals surface area contributed by atoms with Gasteiger partial charge in [-0.15, -0.1) is 0 Å². The van der Waals surface area contributed by atoms with E-state index in [4.69, 9.17) is 24.3 Å². The second-order valence-electron chi connectivity index (χ2n) is 12.4. The molecule has 9 nitrogen and oxygen atoms in total. The summed E-state index contributed by atoms with van der Waals surface area (Å²) in [6, 6.07) is 0. The van der Waals surface area contributed by atoms with Crippen LogP contribution in [0.25, 0.3) is 0 Å². The number of phosphoric ester groups is 1. The van der Waals surface area contributed by atoms with Crippen molar-refractivity contribution in [3.8, 4) is 0 Å². The summed E-state index contributed by atoms with van der Waals surface area (Å²) < 4.78 is 32.5. The predicted octanol–water partition coefficient (Wildman–Crippen LogP) is 10.0. The first kappa shape index (κ1) is 45.5. The van der Waals surface area contributed by atoms with E-state index in [1.807, 2.05) is 0 Å². The minimum Gasteiger partial charge on any atom is -0.462 e. The Bertz CT molecular complexity index is 835. The van der Waals surface area contributed by atoms with Crippen LogP contribution in [-0.2, 0) is 32.7 Å². The maximum Gasteiger partial charge on any atom is 0.472 e. The molecule has 0 amide bonds. The molecule has 0 aliphatic heterocycles. The number of rotatable bonds is 35. The maximum atomic E-state index is 12.5. The molecule has 0 saturated carbocycles. The lowest BCUT2D eigenvalue weighted by molar-refractivity contribution is -0.161. The summed E-state index contributed by atoms with van der Waals surface area (Å²) in [5, 5.41) is 0. The van der Waals surface area contributed by atoms with Crippen molar-refractivity contribution in [1.29, 1.82) is 0 Å². The Morgan fingerprint density at radius 1 is 0.617 bits per heavy atom. The molecule has 0 rings (SSSR count). The SMILES string of the molecule is CCCCCCCCCC/C=C\CCCC(=O)OC[C@H](COP(=O)(O)OCCN)OC(=O)CCC/C=C\CCCCCCCCCC. The monoisotopic (exact) mass is 687 g/mol. The van der Waals surface area contributed by atoms with Crippen LogP contribution in [-0.4, -0.2) is 49.3 Å². The van der Waals surface area contributed by atoms with Crippen LogP contribution in [0.15, 0.2) is 24.3 Å². The van der Waals surface area contributed by atoms with Gasteiger partial charge in [0, 0.05) is 19.4 Å². The third-order valence-electron chi connectivity index (χ3n) is 7.81. The first-order chi connectivity index (χ1) is 22.8. The zero-order valence-corrected chi connectivity index (χ0v) is 30.9. The van der Waals surface area contributed by atoms with Crippen molar-refractivity contribution in [3.63, 3.8) is 0 Å². The van der Waals surface area contributed by atoms with Crippen LogP contribution in [0.2, 0.25) is 0 Å². The van der Waals surface area contributed by atoms with E-state index < -0.39 is 32.5 Å².